The summed E-state index contributed by atoms with van der Waals surface area (Å²) in [6.45, 7) is 0. The highest BCUT2D eigenvalue weighted by atomic mass is 16.6. The van der Waals surface area contributed by atoms with Gasteiger partial charge in [-0.25, -0.2) is 10.9 Å². The van der Waals surface area contributed by atoms with Crippen LogP contribution in [0.2, 0.25) is 0 Å². The number of non-ortho nitro benzene ring substituents is 1. The van der Waals surface area contributed by atoms with Gasteiger partial charge in [0.25, 0.3) is 11.6 Å². The van der Waals surface area contributed by atoms with Crippen LogP contribution in [-0.2, 0) is 7.05 Å². The summed E-state index contributed by atoms with van der Waals surface area (Å²) in [5.41, 5.74) is 7.50. The second-order valence-corrected chi connectivity index (χ2v) is 5.46. The first kappa shape index (κ1) is 15.2. The minimum absolute atomic E-state index is 0.0561. The Labute approximate surface area is 132 Å². The molecule has 1 aliphatic rings. The van der Waals surface area contributed by atoms with Crippen molar-refractivity contribution in [3.05, 3.63) is 64.0 Å². The zero-order valence-electron chi connectivity index (χ0n) is 12.5. The number of hydrogen-bond donors (Lipinski definition) is 3. The van der Waals surface area contributed by atoms with Crippen LogP contribution in [0.1, 0.15) is 28.5 Å². The molecule has 0 saturated carbocycles. The van der Waals surface area contributed by atoms with E-state index in [4.69, 9.17) is 0 Å². The molecule has 3 rings (SSSR count). The average Bonchev–Trinajstić information content (AvgIpc) is 3.16. The van der Waals surface area contributed by atoms with Crippen LogP contribution in [0.5, 0.6) is 0 Å². The van der Waals surface area contributed by atoms with Crippen molar-refractivity contribution in [1.29, 1.82) is 0 Å². The van der Waals surface area contributed by atoms with E-state index >= 15 is 0 Å². The van der Waals surface area contributed by atoms with Gasteiger partial charge in [0.15, 0.2) is 0 Å². The van der Waals surface area contributed by atoms with Gasteiger partial charge in [0.2, 0.25) is 0 Å². The topological polar surface area (TPSA) is 101 Å². The maximum atomic E-state index is 12.2. The fourth-order valence-electron chi connectivity index (χ4n) is 2.65. The maximum absolute atomic E-state index is 12.2. The fraction of sp³-hybridized carbons (Fsp3) is 0.267. The van der Waals surface area contributed by atoms with E-state index < -0.39 is 4.92 Å². The van der Waals surface area contributed by atoms with Crippen LogP contribution >= 0.6 is 0 Å². The molecule has 2 heterocycles. The SMILES string of the molecule is Cn1cccc1C(=O)NC1CC(c2cccc([N+](=O)[O-])c2)NN1. The highest BCUT2D eigenvalue weighted by molar-refractivity contribution is 5.92. The lowest BCUT2D eigenvalue weighted by Crippen LogP contribution is -2.44. The number of rotatable bonds is 4. The van der Waals surface area contributed by atoms with Gasteiger partial charge in [-0.2, -0.15) is 0 Å². The molecule has 1 aromatic heterocycles. The van der Waals surface area contributed by atoms with Gasteiger partial charge < -0.3 is 9.88 Å². The zero-order valence-corrected chi connectivity index (χ0v) is 12.5. The van der Waals surface area contributed by atoms with E-state index in [9.17, 15) is 14.9 Å². The lowest BCUT2D eigenvalue weighted by atomic mass is 10.0. The van der Waals surface area contributed by atoms with Crippen molar-refractivity contribution in [2.45, 2.75) is 18.6 Å². The number of nitrogens with zero attached hydrogens (tertiary/aromatic N) is 2. The van der Waals surface area contributed by atoms with Crippen LogP contribution in [0.4, 0.5) is 5.69 Å². The Balaban J connectivity index is 1.65. The number of carbonyl (C=O) groups is 1. The molecule has 1 aromatic carbocycles. The first-order valence-electron chi connectivity index (χ1n) is 7.22. The molecule has 1 fully saturated rings. The molecule has 0 bridgehead atoms. The Bertz CT molecular complexity index is 742. The average molecular weight is 315 g/mol. The molecule has 8 heteroatoms. The molecule has 0 aliphatic carbocycles. The molecule has 2 aromatic rings. The predicted molar refractivity (Wildman–Crippen MR) is 83.4 cm³/mol. The Morgan fingerprint density at radius 1 is 1.35 bits per heavy atom. The number of benzene rings is 1. The van der Waals surface area contributed by atoms with Gasteiger partial charge in [0.05, 0.1) is 11.1 Å². The standard InChI is InChI=1S/C15H17N5O3/c1-19-7-3-6-13(19)15(21)16-14-9-12(17-18-14)10-4-2-5-11(8-10)20(22)23/h2-8,12,14,17-18H,9H2,1H3,(H,16,21). The van der Waals surface area contributed by atoms with Gasteiger partial charge in [-0.15, -0.1) is 0 Å². The normalized spacial score (nSPS) is 20.4. The van der Waals surface area contributed by atoms with Crippen molar-refractivity contribution in [2.24, 2.45) is 7.05 Å². The molecule has 2 unspecified atom stereocenters. The van der Waals surface area contributed by atoms with Crippen LogP contribution in [0.25, 0.3) is 0 Å². The lowest BCUT2D eigenvalue weighted by molar-refractivity contribution is -0.384. The summed E-state index contributed by atoms with van der Waals surface area (Å²) in [5.74, 6) is -0.170. The first-order chi connectivity index (χ1) is 11.0. The molecule has 120 valence electrons. The fourth-order valence-corrected chi connectivity index (χ4v) is 2.65. The number of nitro groups is 1. The van der Waals surface area contributed by atoms with Crippen molar-refractivity contribution in [1.82, 2.24) is 20.7 Å². The molecule has 0 spiro atoms. The largest absolute Gasteiger partial charge is 0.347 e. The Kier molecular flexibility index (Phi) is 4.09. The van der Waals surface area contributed by atoms with Crippen molar-refractivity contribution in [3.63, 3.8) is 0 Å². The smallest absolute Gasteiger partial charge is 0.269 e. The third kappa shape index (κ3) is 3.22. The number of carbonyl (C=O) groups excluding carboxylic acids is 1. The van der Waals surface area contributed by atoms with Crippen LogP contribution in [-0.4, -0.2) is 21.6 Å². The van der Waals surface area contributed by atoms with E-state index in [1.54, 1.807) is 42.1 Å². The van der Waals surface area contributed by atoms with Gasteiger partial charge in [-0.05, 0) is 17.7 Å². The molecule has 0 radical (unpaired) electrons. The Morgan fingerprint density at radius 3 is 2.87 bits per heavy atom. The van der Waals surface area contributed by atoms with Gasteiger partial charge in [-0.1, -0.05) is 12.1 Å². The number of nitrogens with one attached hydrogen (secondary N) is 3. The van der Waals surface area contributed by atoms with Crippen molar-refractivity contribution < 1.29 is 9.72 Å². The zero-order chi connectivity index (χ0) is 16.4. The first-order valence-corrected chi connectivity index (χ1v) is 7.22. The molecular formula is C15H17N5O3. The maximum Gasteiger partial charge on any atom is 0.269 e. The van der Waals surface area contributed by atoms with Crippen LogP contribution in [0, 0.1) is 10.1 Å². The second kappa shape index (κ2) is 6.19. The molecular weight excluding hydrogens is 298 g/mol. The number of hydrogen-bond acceptors (Lipinski definition) is 5. The van der Waals surface area contributed by atoms with E-state index in [0.29, 0.717) is 12.1 Å². The minimum atomic E-state index is -0.416. The number of aromatic nitrogens is 1. The summed E-state index contributed by atoms with van der Waals surface area (Å²) in [6.07, 6.45) is 2.15. The summed E-state index contributed by atoms with van der Waals surface area (Å²) in [4.78, 5) is 22.6. The lowest BCUT2D eigenvalue weighted by Gasteiger charge is -2.12. The number of aryl methyl sites for hydroxylation is 1. The number of hydrazine groups is 1. The second-order valence-electron chi connectivity index (χ2n) is 5.46. The summed E-state index contributed by atoms with van der Waals surface area (Å²) >= 11 is 0. The summed E-state index contributed by atoms with van der Waals surface area (Å²) in [7, 11) is 1.81. The summed E-state index contributed by atoms with van der Waals surface area (Å²) < 4.78 is 1.75. The highest BCUT2D eigenvalue weighted by Crippen LogP contribution is 2.24. The van der Waals surface area contributed by atoms with Crippen LogP contribution < -0.4 is 16.2 Å². The minimum Gasteiger partial charge on any atom is -0.347 e. The van der Waals surface area contributed by atoms with Gasteiger partial charge in [-0.3, -0.25) is 14.9 Å². The quantitative estimate of drug-likeness (QED) is 0.582. The summed E-state index contributed by atoms with van der Waals surface area (Å²) in [6, 6.07) is 9.94. The van der Waals surface area contributed by atoms with Gasteiger partial charge in [0, 0.05) is 37.8 Å². The van der Waals surface area contributed by atoms with Crippen LogP contribution in [0.3, 0.4) is 0 Å². The molecule has 1 saturated heterocycles. The van der Waals surface area contributed by atoms with Gasteiger partial charge in [0.1, 0.15) is 5.69 Å². The van der Waals surface area contributed by atoms with E-state index in [0.717, 1.165) is 5.56 Å². The van der Waals surface area contributed by atoms with Crippen LogP contribution in [0.15, 0.2) is 42.6 Å². The monoisotopic (exact) mass is 315 g/mol. The van der Waals surface area contributed by atoms with Crippen molar-refractivity contribution in [2.75, 3.05) is 0 Å². The molecule has 1 aliphatic heterocycles. The number of nitro benzene ring substituents is 1. The molecule has 2 atom stereocenters. The Morgan fingerprint density at radius 2 is 2.17 bits per heavy atom. The van der Waals surface area contributed by atoms with E-state index in [-0.39, 0.29) is 23.8 Å². The van der Waals surface area contributed by atoms with Crippen molar-refractivity contribution in [3.8, 4) is 0 Å². The predicted octanol–water partition coefficient (Wildman–Crippen LogP) is 1.23. The molecule has 1 amide bonds. The molecule has 3 N–H and O–H groups in total. The third-order valence-electron chi connectivity index (χ3n) is 3.87. The summed E-state index contributed by atoms with van der Waals surface area (Å²) in [5, 5.41) is 13.7. The highest BCUT2D eigenvalue weighted by Gasteiger charge is 2.27. The van der Waals surface area contributed by atoms with Gasteiger partial charge >= 0.3 is 0 Å². The van der Waals surface area contributed by atoms with E-state index in [1.807, 2.05) is 6.07 Å². The Hall–Kier alpha value is -2.71. The van der Waals surface area contributed by atoms with E-state index in [2.05, 4.69) is 16.2 Å². The molecule has 23 heavy (non-hydrogen) atoms. The van der Waals surface area contributed by atoms with Crippen molar-refractivity contribution >= 4 is 11.6 Å². The number of amides is 1. The molecule has 8 nitrogen and oxygen atoms in total. The van der Waals surface area contributed by atoms with E-state index in [1.165, 1.54) is 6.07 Å². The third-order valence-corrected chi connectivity index (χ3v) is 3.87.